The third kappa shape index (κ3) is 6.40. The largest absolute Gasteiger partial charge is 0.349 e. The molecule has 20 heavy (non-hydrogen) atoms. The molecule has 1 amide bonds. The Hall–Kier alpha value is -1.79. The minimum Gasteiger partial charge on any atom is -0.349 e. The van der Waals surface area contributed by atoms with Crippen LogP contribution in [0.2, 0.25) is 0 Å². The summed E-state index contributed by atoms with van der Waals surface area (Å²) in [6.07, 6.45) is 2.23. The van der Waals surface area contributed by atoms with Gasteiger partial charge in [-0.2, -0.15) is 0 Å². The predicted molar refractivity (Wildman–Crippen MR) is 83.2 cm³/mol. The highest BCUT2D eigenvalue weighted by Crippen LogP contribution is 2.04. The first-order valence-electron chi connectivity index (χ1n) is 7.12. The van der Waals surface area contributed by atoms with Crippen molar-refractivity contribution < 1.29 is 4.79 Å². The van der Waals surface area contributed by atoms with E-state index in [9.17, 15) is 4.79 Å². The molecule has 0 unspecified atom stereocenters. The first-order chi connectivity index (χ1) is 9.63. The number of benzene rings is 1. The monoisotopic (exact) mass is 272 g/mol. The number of carbonyl (C=O) groups is 1. The minimum atomic E-state index is 0.122. The van der Waals surface area contributed by atoms with Gasteiger partial charge in [0.05, 0.1) is 0 Å². The van der Waals surface area contributed by atoms with Gasteiger partial charge in [-0.25, -0.2) is 0 Å². The smallest absolute Gasteiger partial charge is 0.223 e. The van der Waals surface area contributed by atoms with Crippen molar-refractivity contribution in [3.63, 3.8) is 0 Å². The van der Waals surface area contributed by atoms with Crippen LogP contribution in [-0.2, 0) is 11.3 Å². The summed E-state index contributed by atoms with van der Waals surface area (Å²) in [6, 6.07) is 8.23. The van der Waals surface area contributed by atoms with Gasteiger partial charge in [-0.15, -0.1) is 0 Å². The van der Waals surface area contributed by atoms with Gasteiger partial charge in [0.25, 0.3) is 0 Å². The average molecular weight is 272 g/mol. The van der Waals surface area contributed by atoms with Gasteiger partial charge in [-0.3, -0.25) is 4.79 Å². The lowest BCUT2D eigenvalue weighted by Gasteiger charge is -2.07. The molecule has 0 atom stereocenters. The van der Waals surface area contributed by atoms with Gasteiger partial charge in [-0.05, 0) is 30.7 Å². The van der Waals surface area contributed by atoms with Crippen LogP contribution in [0.1, 0.15) is 37.3 Å². The molecule has 0 aliphatic heterocycles. The lowest BCUT2D eigenvalue weighted by atomic mass is 10.1. The first-order valence-corrected chi connectivity index (χ1v) is 7.12. The zero-order valence-corrected chi connectivity index (χ0v) is 12.7. The third-order valence-electron chi connectivity index (χ3n) is 2.88. The highest BCUT2D eigenvalue weighted by molar-refractivity contribution is 5.75. The fraction of sp³-hybridized carbons (Fsp3) is 0.471. The quantitative estimate of drug-likeness (QED) is 0.637. The van der Waals surface area contributed by atoms with Gasteiger partial charge in [0, 0.05) is 39.0 Å². The van der Waals surface area contributed by atoms with E-state index in [-0.39, 0.29) is 5.91 Å². The van der Waals surface area contributed by atoms with Crippen molar-refractivity contribution in [1.82, 2.24) is 10.2 Å². The van der Waals surface area contributed by atoms with Crippen molar-refractivity contribution in [2.45, 2.75) is 32.7 Å². The summed E-state index contributed by atoms with van der Waals surface area (Å²) < 4.78 is 0. The molecular weight excluding hydrogens is 248 g/mol. The molecule has 0 spiro atoms. The molecule has 0 aliphatic rings. The summed E-state index contributed by atoms with van der Waals surface area (Å²) >= 11 is 0. The Labute approximate surface area is 122 Å². The van der Waals surface area contributed by atoms with Gasteiger partial charge in [0.2, 0.25) is 5.91 Å². The lowest BCUT2D eigenvalue weighted by Crippen LogP contribution is -2.20. The van der Waals surface area contributed by atoms with E-state index in [0.717, 1.165) is 25.1 Å². The van der Waals surface area contributed by atoms with Gasteiger partial charge >= 0.3 is 0 Å². The number of nitrogens with one attached hydrogen (secondary N) is 1. The fourth-order valence-corrected chi connectivity index (χ4v) is 1.73. The van der Waals surface area contributed by atoms with Crippen molar-refractivity contribution in [2.75, 3.05) is 20.6 Å². The summed E-state index contributed by atoms with van der Waals surface area (Å²) in [5.74, 6) is 6.31. The second-order valence-electron chi connectivity index (χ2n) is 4.97. The summed E-state index contributed by atoms with van der Waals surface area (Å²) in [4.78, 5) is 13.0. The van der Waals surface area contributed by atoms with Crippen molar-refractivity contribution in [3.05, 3.63) is 35.4 Å². The predicted octanol–water partition coefficient (Wildman–Crippen LogP) is 2.41. The highest BCUT2D eigenvalue weighted by atomic mass is 16.2. The van der Waals surface area contributed by atoms with Crippen molar-refractivity contribution in [2.24, 2.45) is 0 Å². The molecule has 108 valence electrons. The fourth-order valence-electron chi connectivity index (χ4n) is 1.73. The summed E-state index contributed by atoms with van der Waals surface area (Å²) in [7, 11) is 3.53. The topological polar surface area (TPSA) is 32.3 Å². The van der Waals surface area contributed by atoms with Crippen LogP contribution in [0.4, 0.5) is 0 Å². The molecule has 1 rings (SSSR count). The van der Waals surface area contributed by atoms with E-state index in [1.54, 1.807) is 19.0 Å². The van der Waals surface area contributed by atoms with Crippen molar-refractivity contribution >= 4 is 5.91 Å². The third-order valence-corrected chi connectivity index (χ3v) is 2.88. The summed E-state index contributed by atoms with van der Waals surface area (Å²) in [6.45, 7) is 4.06. The van der Waals surface area contributed by atoms with Crippen LogP contribution in [0, 0.1) is 11.8 Å². The van der Waals surface area contributed by atoms with Crippen LogP contribution >= 0.6 is 0 Å². The summed E-state index contributed by atoms with van der Waals surface area (Å²) in [5.41, 5.74) is 2.26. The van der Waals surface area contributed by atoms with E-state index < -0.39 is 0 Å². The molecule has 0 bridgehead atoms. The number of amides is 1. The zero-order chi connectivity index (χ0) is 14.8. The molecule has 1 aromatic carbocycles. The van der Waals surface area contributed by atoms with Crippen molar-refractivity contribution in [3.8, 4) is 11.8 Å². The van der Waals surface area contributed by atoms with E-state index in [1.807, 2.05) is 12.1 Å². The van der Waals surface area contributed by atoms with E-state index >= 15 is 0 Å². The molecule has 1 N–H and O–H groups in total. The van der Waals surface area contributed by atoms with Gasteiger partial charge in [0.1, 0.15) is 0 Å². The van der Waals surface area contributed by atoms with Crippen LogP contribution in [-0.4, -0.2) is 31.4 Å². The number of hydrogen-bond acceptors (Lipinski definition) is 2. The van der Waals surface area contributed by atoms with Gasteiger partial charge in [-0.1, -0.05) is 30.9 Å². The SMILES string of the molecule is CCCNCc1cccc(C#CCCC(=O)N(C)C)c1. The minimum absolute atomic E-state index is 0.122. The molecule has 0 saturated heterocycles. The second-order valence-corrected chi connectivity index (χ2v) is 4.97. The van der Waals surface area contributed by atoms with Crippen LogP contribution in [0.5, 0.6) is 0 Å². The van der Waals surface area contributed by atoms with E-state index in [4.69, 9.17) is 0 Å². The standard InChI is InChI=1S/C17H24N2O/c1-4-12-18-14-16-10-7-9-15(13-16)8-5-6-11-17(20)19(2)3/h7,9-10,13,18H,4,6,11-12,14H2,1-3H3. The molecule has 0 fully saturated rings. The molecule has 3 nitrogen and oxygen atoms in total. The Kier molecular flexibility index (Phi) is 7.46. The number of rotatable bonds is 6. The van der Waals surface area contributed by atoms with E-state index in [0.29, 0.717) is 12.8 Å². The normalized spacial score (nSPS) is 9.75. The second kappa shape index (κ2) is 9.17. The average Bonchev–Trinajstić information content (AvgIpc) is 2.44. The maximum atomic E-state index is 11.4. The number of nitrogens with zero attached hydrogens (tertiary/aromatic N) is 1. The molecule has 0 radical (unpaired) electrons. The maximum absolute atomic E-state index is 11.4. The van der Waals surface area contributed by atoms with E-state index in [2.05, 4.69) is 36.2 Å². The Balaban J connectivity index is 2.47. The van der Waals surface area contributed by atoms with Gasteiger partial charge < -0.3 is 10.2 Å². The van der Waals surface area contributed by atoms with Crippen LogP contribution in [0.3, 0.4) is 0 Å². The first kappa shape index (κ1) is 16.3. The highest BCUT2D eigenvalue weighted by Gasteiger charge is 2.00. The Morgan fingerprint density at radius 1 is 1.35 bits per heavy atom. The number of hydrogen-bond donors (Lipinski definition) is 1. The Morgan fingerprint density at radius 3 is 2.85 bits per heavy atom. The molecular formula is C17H24N2O. The van der Waals surface area contributed by atoms with Crippen molar-refractivity contribution in [1.29, 1.82) is 0 Å². The molecule has 0 aliphatic carbocycles. The molecule has 0 heterocycles. The lowest BCUT2D eigenvalue weighted by molar-refractivity contribution is -0.128. The summed E-state index contributed by atoms with van der Waals surface area (Å²) in [5, 5.41) is 3.37. The van der Waals surface area contributed by atoms with Crippen LogP contribution in [0.25, 0.3) is 0 Å². The van der Waals surface area contributed by atoms with Crippen LogP contribution < -0.4 is 5.32 Å². The Bertz CT molecular complexity index is 483. The molecule has 0 aromatic heterocycles. The molecule has 1 aromatic rings. The number of carbonyl (C=O) groups excluding carboxylic acids is 1. The van der Waals surface area contributed by atoms with Gasteiger partial charge in [0.15, 0.2) is 0 Å². The van der Waals surface area contributed by atoms with E-state index in [1.165, 1.54) is 5.56 Å². The maximum Gasteiger partial charge on any atom is 0.223 e. The Morgan fingerprint density at radius 2 is 2.15 bits per heavy atom. The molecule has 0 saturated carbocycles. The van der Waals surface area contributed by atoms with Crippen LogP contribution in [0.15, 0.2) is 24.3 Å². The molecule has 3 heteroatoms. The zero-order valence-electron chi connectivity index (χ0n) is 12.7.